The van der Waals surface area contributed by atoms with E-state index in [-0.39, 0.29) is 5.97 Å². The van der Waals surface area contributed by atoms with Crippen molar-refractivity contribution >= 4 is 5.97 Å². The smallest absolute Gasteiger partial charge is 0.305 e. The fourth-order valence-corrected chi connectivity index (χ4v) is 1.76. The third kappa shape index (κ3) is 13.4. The van der Waals surface area contributed by atoms with Gasteiger partial charge in [-0.3, -0.25) is 4.79 Å². The molecule has 0 aromatic rings. The second-order valence-electron chi connectivity index (χ2n) is 4.65. The molecule has 0 aromatic heterocycles. The van der Waals surface area contributed by atoms with Gasteiger partial charge in [-0.25, -0.2) is 0 Å². The van der Waals surface area contributed by atoms with Crippen LogP contribution in [0.4, 0.5) is 0 Å². The number of hydrogen-bond acceptors (Lipinski definition) is 2. The highest BCUT2D eigenvalue weighted by Gasteiger charge is 2.00. The molecule has 1 radical (unpaired) electrons. The lowest BCUT2D eigenvalue weighted by Crippen LogP contribution is -2.05. The normalized spacial score (nSPS) is 10.5. The first kappa shape index (κ1) is 16.5. The van der Waals surface area contributed by atoms with E-state index < -0.39 is 0 Å². The summed E-state index contributed by atoms with van der Waals surface area (Å²) in [5.41, 5.74) is 0. The lowest BCUT2D eigenvalue weighted by Gasteiger charge is -2.04. The van der Waals surface area contributed by atoms with Crippen LogP contribution in [0.15, 0.2) is 0 Å². The number of unbranched alkanes of at least 4 members (excludes halogenated alkanes) is 8. The monoisotopic (exact) mass is 241 g/mol. The molecule has 0 amide bonds. The number of esters is 1. The third-order valence-electron chi connectivity index (χ3n) is 2.89. The maximum atomic E-state index is 11.2. The molecule has 0 saturated carbocycles. The van der Waals surface area contributed by atoms with E-state index in [0.29, 0.717) is 13.0 Å². The molecule has 0 aliphatic heterocycles. The van der Waals surface area contributed by atoms with Crippen LogP contribution < -0.4 is 0 Å². The van der Waals surface area contributed by atoms with Gasteiger partial charge < -0.3 is 4.74 Å². The molecule has 0 aliphatic rings. The summed E-state index contributed by atoms with van der Waals surface area (Å²) in [6.45, 7) is 6.54. The maximum Gasteiger partial charge on any atom is 0.305 e. The van der Waals surface area contributed by atoms with Crippen LogP contribution in [-0.2, 0) is 9.53 Å². The average molecular weight is 241 g/mol. The second kappa shape index (κ2) is 13.5. The van der Waals surface area contributed by atoms with Gasteiger partial charge in [-0.15, -0.1) is 0 Å². The van der Waals surface area contributed by atoms with Crippen LogP contribution in [0.2, 0.25) is 0 Å². The Labute approximate surface area is 107 Å². The largest absolute Gasteiger partial charge is 0.466 e. The van der Waals surface area contributed by atoms with Gasteiger partial charge in [-0.1, -0.05) is 65.2 Å². The zero-order valence-electron chi connectivity index (χ0n) is 11.5. The summed E-state index contributed by atoms with van der Waals surface area (Å²) in [6, 6.07) is 0. The fraction of sp³-hybridized carbons (Fsp3) is 0.867. The number of carbonyl (C=O) groups is 1. The molecule has 0 heterocycles. The standard InChI is InChI=1S/C15H29O2/c1-3-5-7-8-9-10-11-12-14-17-15(16)13-6-4-2/h2-14H2,1H3. The van der Waals surface area contributed by atoms with Crippen molar-refractivity contribution in [3.05, 3.63) is 6.92 Å². The predicted octanol–water partition coefficient (Wildman–Crippen LogP) is 4.67. The molecule has 2 nitrogen and oxygen atoms in total. The van der Waals surface area contributed by atoms with Gasteiger partial charge in [0.25, 0.3) is 0 Å². The minimum atomic E-state index is -0.0587. The maximum absolute atomic E-state index is 11.2. The van der Waals surface area contributed by atoms with Crippen molar-refractivity contribution in [2.24, 2.45) is 0 Å². The van der Waals surface area contributed by atoms with Crippen LogP contribution in [0.25, 0.3) is 0 Å². The molecule has 0 saturated heterocycles. The number of ether oxygens (including phenoxy) is 1. The molecule has 17 heavy (non-hydrogen) atoms. The van der Waals surface area contributed by atoms with Gasteiger partial charge in [-0.05, 0) is 12.8 Å². The number of rotatable bonds is 12. The first-order chi connectivity index (χ1) is 8.31. The van der Waals surface area contributed by atoms with Crippen molar-refractivity contribution in [1.29, 1.82) is 0 Å². The van der Waals surface area contributed by atoms with E-state index in [0.717, 1.165) is 19.3 Å². The van der Waals surface area contributed by atoms with E-state index >= 15 is 0 Å². The van der Waals surface area contributed by atoms with E-state index in [9.17, 15) is 4.79 Å². The van der Waals surface area contributed by atoms with E-state index in [4.69, 9.17) is 4.74 Å². The van der Waals surface area contributed by atoms with Gasteiger partial charge in [0, 0.05) is 6.42 Å². The molecule has 0 aromatic carbocycles. The summed E-state index contributed by atoms with van der Waals surface area (Å²) in [4.78, 5) is 11.2. The Kier molecular flexibility index (Phi) is 13.1. The van der Waals surface area contributed by atoms with Crippen molar-refractivity contribution in [3.63, 3.8) is 0 Å². The summed E-state index contributed by atoms with van der Waals surface area (Å²) >= 11 is 0. The molecule has 2 heteroatoms. The highest BCUT2D eigenvalue weighted by Crippen LogP contribution is 2.08. The van der Waals surface area contributed by atoms with Gasteiger partial charge in [0.15, 0.2) is 0 Å². The fourth-order valence-electron chi connectivity index (χ4n) is 1.76. The lowest BCUT2D eigenvalue weighted by atomic mass is 10.1. The van der Waals surface area contributed by atoms with Crippen molar-refractivity contribution in [2.75, 3.05) is 6.61 Å². The summed E-state index contributed by atoms with van der Waals surface area (Å²) in [7, 11) is 0. The first-order valence-corrected chi connectivity index (χ1v) is 7.26. The van der Waals surface area contributed by atoms with Crippen molar-refractivity contribution in [2.45, 2.75) is 77.6 Å². The summed E-state index contributed by atoms with van der Waals surface area (Å²) < 4.78 is 5.12. The Bertz CT molecular complexity index is 166. The van der Waals surface area contributed by atoms with Crippen molar-refractivity contribution in [1.82, 2.24) is 0 Å². The van der Waals surface area contributed by atoms with E-state index in [1.165, 1.54) is 44.9 Å². The first-order valence-electron chi connectivity index (χ1n) is 7.26. The third-order valence-corrected chi connectivity index (χ3v) is 2.89. The van der Waals surface area contributed by atoms with Crippen LogP contribution in [0, 0.1) is 6.92 Å². The molecule has 0 fully saturated rings. The van der Waals surface area contributed by atoms with Gasteiger partial charge in [0.05, 0.1) is 6.61 Å². The summed E-state index contributed by atoms with van der Waals surface area (Å²) in [5.74, 6) is -0.0587. The highest BCUT2D eigenvalue weighted by atomic mass is 16.5. The van der Waals surface area contributed by atoms with Gasteiger partial charge >= 0.3 is 5.97 Å². The minimum Gasteiger partial charge on any atom is -0.466 e. The molecular formula is C15H29O2. The molecule has 0 rings (SSSR count). The molecule has 0 spiro atoms. The summed E-state index contributed by atoms with van der Waals surface area (Å²) in [6.07, 6.45) is 12.4. The van der Waals surface area contributed by atoms with E-state index in [2.05, 4.69) is 13.8 Å². The predicted molar refractivity (Wildman–Crippen MR) is 72.8 cm³/mol. The Hall–Kier alpha value is -0.530. The van der Waals surface area contributed by atoms with E-state index in [1.54, 1.807) is 0 Å². The van der Waals surface area contributed by atoms with E-state index in [1.807, 2.05) is 0 Å². The summed E-state index contributed by atoms with van der Waals surface area (Å²) in [5, 5.41) is 0. The SMILES string of the molecule is [CH2]CCCC(=O)OCCCCCCCCCC. The molecule has 101 valence electrons. The molecular weight excluding hydrogens is 212 g/mol. The van der Waals surface area contributed by atoms with Gasteiger partial charge in [-0.2, -0.15) is 0 Å². The van der Waals surface area contributed by atoms with Gasteiger partial charge in [0.1, 0.15) is 0 Å². The molecule has 0 unspecified atom stereocenters. The Morgan fingerprint density at radius 2 is 1.53 bits per heavy atom. The average Bonchev–Trinajstić information content (AvgIpc) is 2.34. The Morgan fingerprint density at radius 1 is 0.941 bits per heavy atom. The Balaban J connectivity index is 3.05. The Morgan fingerprint density at radius 3 is 2.12 bits per heavy atom. The van der Waals surface area contributed by atoms with Crippen LogP contribution in [0.1, 0.15) is 77.6 Å². The van der Waals surface area contributed by atoms with Crippen LogP contribution in [0.5, 0.6) is 0 Å². The van der Waals surface area contributed by atoms with Gasteiger partial charge in [0.2, 0.25) is 0 Å². The lowest BCUT2D eigenvalue weighted by molar-refractivity contribution is -0.143. The minimum absolute atomic E-state index is 0.0587. The topological polar surface area (TPSA) is 26.3 Å². The highest BCUT2D eigenvalue weighted by molar-refractivity contribution is 5.69. The molecule has 0 aliphatic carbocycles. The number of carbonyl (C=O) groups excluding carboxylic acids is 1. The molecule has 0 bridgehead atoms. The number of hydrogen-bond donors (Lipinski definition) is 0. The van der Waals surface area contributed by atoms with Crippen LogP contribution >= 0.6 is 0 Å². The van der Waals surface area contributed by atoms with Crippen LogP contribution in [-0.4, -0.2) is 12.6 Å². The zero-order valence-corrected chi connectivity index (χ0v) is 11.5. The molecule has 0 N–H and O–H groups in total. The molecule has 0 atom stereocenters. The second-order valence-corrected chi connectivity index (χ2v) is 4.65. The van der Waals surface area contributed by atoms with Crippen LogP contribution in [0.3, 0.4) is 0 Å². The van der Waals surface area contributed by atoms with Crippen molar-refractivity contribution in [3.8, 4) is 0 Å². The zero-order chi connectivity index (χ0) is 12.8. The van der Waals surface area contributed by atoms with Crippen molar-refractivity contribution < 1.29 is 9.53 Å². The quantitative estimate of drug-likeness (QED) is 0.366.